The van der Waals surface area contributed by atoms with Gasteiger partial charge < -0.3 is 10.5 Å². The lowest BCUT2D eigenvalue weighted by atomic mass is 9.99. The number of halogens is 1. The highest BCUT2D eigenvalue weighted by Crippen LogP contribution is 2.32. The number of rotatable bonds is 5. The summed E-state index contributed by atoms with van der Waals surface area (Å²) in [6.45, 7) is 6.22. The lowest BCUT2D eigenvalue weighted by molar-refractivity contribution is 0.170. The van der Waals surface area contributed by atoms with Crippen molar-refractivity contribution in [3.8, 4) is 5.75 Å². The van der Waals surface area contributed by atoms with E-state index in [9.17, 15) is 0 Å². The molecule has 0 spiro atoms. The fraction of sp³-hybridized carbons (Fsp3) is 0.333. The van der Waals surface area contributed by atoms with Gasteiger partial charge in [0.15, 0.2) is 0 Å². The van der Waals surface area contributed by atoms with Crippen molar-refractivity contribution < 1.29 is 4.74 Å². The highest BCUT2D eigenvalue weighted by Gasteiger charge is 2.21. The Morgan fingerprint density at radius 3 is 2.24 bits per heavy atom. The predicted octanol–water partition coefficient (Wildman–Crippen LogP) is 4.92. The van der Waals surface area contributed by atoms with Crippen LogP contribution in [0.1, 0.15) is 36.1 Å². The minimum absolute atomic E-state index is 0.0408. The first kappa shape index (κ1) is 16.1. The van der Waals surface area contributed by atoms with E-state index in [1.807, 2.05) is 12.1 Å². The zero-order chi connectivity index (χ0) is 15.4. The molecule has 0 bridgehead atoms. The molecule has 2 aromatic carbocycles. The molecule has 3 heteroatoms. The Bertz CT molecular complexity index is 595. The van der Waals surface area contributed by atoms with Gasteiger partial charge >= 0.3 is 0 Å². The zero-order valence-corrected chi connectivity index (χ0v) is 14.4. The molecular weight excluding hydrogens is 326 g/mol. The van der Waals surface area contributed by atoms with Crippen LogP contribution in [0.4, 0.5) is 0 Å². The number of aryl methyl sites for hydroxylation is 2. The summed E-state index contributed by atoms with van der Waals surface area (Å²) in [5.41, 5.74) is 9.82. The summed E-state index contributed by atoms with van der Waals surface area (Å²) in [4.78, 5) is 0. The van der Waals surface area contributed by atoms with Crippen LogP contribution in [-0.2, 0) is 0 Å². The van der Waals surface area contributed by atoms with Gasteiger partial charge in [0.2, 0.25) is 0 Å². The van der Waals surface area contributed by atoms with Gasteiger partial charge in [0.25, 0.3) is 0 Å². The second kappa shape index (κ2) is 7.10. The van der Waals surface area contributed by atoms with E-state index < -0.39 is 0 Å². The molecule has 2 aromatic rings. The molecule has 2 atom stereocenters. The van der Waals surface area contributed by atoms with Crippen LogP contribution in [0, 0.1) is 13.8 Å². The highest BCUT2D eigenvalue weighted by molar-refractivity contribution is 9.10. The number of hydrogen-bond donors (Lipinski definition) is 1. The molecule has 2 N–H and O–H groups in total. The van der Waals surface area contributed by atoms with Crippen molar-refractivity contribution in [1.29, 1.82) is 0 Å². The van der Waals surface area contributed by atoms with Gasteiger partial charge in [-0.05, 0) is 59.5 Å². The van der Waals surface area contributed by atoms with E-state index in [-0.39, 0.29) is 12.1 Å². The standard InChI is InChI=1S/C18H22BrNO/c1-4-16(20)18(14-8-5-12(2)6-9-14)21-17-10-7-13(3)11-15(17)19/h5-11,16,18H,4,20H2,1-3H3. The molecule has 0 fully saturated rings. The Morgan fingerprint density at radius 1 is 1.05 bits per heavy atom. The van der Waals surface area contributed by atoms with Crippen LogP contribution in [-0.4, -0.2) is 6.04 Å². The van der Waals surface area contributed by atoms with Gasteiger partial charge in [-0.3, -0.25) is 0 Å². The lowest BCUT2D eigenvalue weighted by Gasteiger charge is -2.25. The van der Waals surface area contributed by atoms with Crippen molar-refractivity contribution >= 4 is 15.9 Å². The van der Waals surface area contributed by atoms with Crippen molar-refractivity contribution in [2.24, 2.45) is 5.73 Å². The maximum absolute atomic E-state index is 6.27. The Labute approximate surface area is 135 Å². The van der Waals surface area contributed by atoms with Crippen molar-refractivity contribution in [2.75, 3.05) is 0 Å². The van der Waals surface area contributed by atoms with Crippen LogP contribution < -0.4 is 10.5 Å². The Kier molecular flexibility index (Phi) is 5.43. The molecule has 0 heterocycles. The van der Waals surface area contributed by atoms with Crippen LogP contribution in [0.15, 0.2) is 46.9 Å². The summed E-state index contributed by atoms with van der Waals surface area (Å²) in [6, 6.07) is 14.4. The SMILES string of the molecule is CCC(N)C(Oc1ccc(C)cc1Br)c1ccc(C)cc1. The van der Waals surface area contributed by atoms with E-state index in [0.29, 0.717) is 0 Å². The maximum Gasteiger partial charge on any atom is 0.139 e. The molecule has 0 aromatic heterocycles. The third-order valence-electron chi connectivity index (χ3n) is 3.61. The molecule has 0 aliphatic rings. The number of ether oxygens (including phenoxy) is 1. The Morgan fingerprint density at radius 2 is 1.67 bits per heavy atom. The van der Waals surface area contributed by atoms with Crippen molar-refractivity contribution in [3.63, 3.8) is 0 Å². The zero-order valence-electron chi connectivity index (χ0n) is 12.8. The number of benzene rings is 2. The summed E-state index contributed by atoms with van der Waals surface area (Å²) in [5, 5.41) is 0. The van der Waals surface area contributed by atoms with Gasteiger partial charge in [0.05, 0.1) is 4.47 Å². The molecule has 2 unspecified atom stereocenters. The fourth-order valence-corrected chi connectivity index (χ4v) is 2.80. The molecule has 0 radical (unpaired) electrons. The summed E-state index contributed by atoms with van der Waals surface area (Å²) in [5.74, 6) is 0.829. The molecule has 2 nitrogen and oxygen atoms in total. The topological polar surface area (TPSA) is 35.2 Å². The highest BCUT2D eigenvalue weighted by atomic mass is 79.9. The largest absolute Gasteiger partial charge is 0.483 e. The third-order valence-corrected chi connectivity index (χ3v) is 4.23. The normalized spacial score (nSPS) is 13.8. The Hall–Kier alpha value is -1.32. The third kappa shape index (κ3) is 4.08. The maximum atomic E-state index is 6.27. The second-order valence-electron chi connectivity index (χ2n) is 5.46. The van der Waals surface area contributed by atoms with Crippen LogP contribution in [0.2, 0.25) is 0 Å². The van der Waals surface area contributed by atoms with E-state index in [1.165, 1.54) is 11.1 Å². The molecule has 112 valence electrons. The predicted molar refractivity (Wildman–Crippen MR) is 91.7 cm³/mol. The average Bonchev–Trinajstić information content (AvgIpc) is 2.47. The first-order chi connectivity index (χ1) is 10.0. The summed E-state index contributed by atoms with van der Waals surface area (Å²) in [7, 11) is 0. The summed E-state index contributed by atoms with van der Waals surface area (Å²) >= 11 is 3.56. The molecule has 0 saturated heterocycles. The van der Waals surface area contributed by atoms with E-state index in [1.54, 1.807) is 0 Å². The van der Waals surface area contributed by atoms with Gasteiger partial charge in [-0.1, -0.05) is 42.8 Å². The van der Waals surface area contributed by atoms with Gasteiger partial charge in [-0.2, -0.15) is 0 Å². The van der Waals surface area contributed by atoms with Crippen molar-refractivity contribution in [1.82, 2.24) is 0 Å². The quantitative estimate of drug-likeness (QED) is 0.832. The van der Waals surface area contributed by atoms with E-state index in [2.05, 4.69) is 67.0 Å². The minimum Gasteiger partial charge on any atom is -0.483 e. The van der Waals surface area contributed by atoms with Crippen LogP contribution in [0.3, 0.4) is 0 Å². The van der Waals surface area contributed by atoms with Crippen LogP contribution in [0.25, 0.3) is 0 Å². The van der Waals surface area contributed by atoms with Crippen molar-refractivity contribution in [3.05, 3.63) is 63.6 Å². The van der Waals surface area contributed by atoms with E-state index in [0.717, 1.165) is 22.2 Å². The van der Waals surface area contributed by atoms with E-state index in [4.69, 9.17) is 10.5 Å². The molecule has 2 rings (SSSR count). The second-order valence-corrected chi connectivity index (χ2v) is 6.31. The first-order valence-corrected chi connectivity index (χ1v) is 8.05. The molecular formula is C18H22BrNO. The average molecular weight is 348 g/mol. The van der Waals surface area contributed by atoms with Gasteiger partial charge in [0.1, 0.15) is 11.9 Å². The molecule has 0 saturated carbocycles. The first-order valence-electron chi connectivity index (χ1n) is 7.26. The van der Waals surface area contributed by atoms with Gasteiger partial charge in [0, 0.05) is 6.04 Å². The molecule has 0 amide bonds. The summed E-state index contributed by atoms with van der Waals surface area (Å²) in [6.07, 6.45) is 0.719. The molecule has 21 heavy (non-hydrogen) atoms. The number of hydrogen-bond acceptors (Lipinski definition) is 2. The molecule has 0 aliphatic carbocycles. The van der Waals surface area contributed by atoms with Crippen molar-refractivity contribution in [2.45, 2.75) is 39.3 Å². The van der Waals surface area contributed by atoms with Gasteiger partial charge in [-0.25, -0.2) is 0 Å². The van der Waals surface area contributed by atoms with Gasteiger partial charge in [-0.15, -0.1) is 0 Å². The molecule has 0 aliphatic heterocycles. The summed E-state index contributed by atoms with van der Waals surface area (Å²) < 4.78 is 7.17. The smallest absolute Gasteiger partial charge is 0.139 e. The Balaban J connectivity index is 2.30. The number of nitrogens with two attached hydrogens (primary N) is 1. The lowest BCUT2D eigenvalue weighted by Crippen LogP contribution is -2.31. The fourth-order valence-electron chi connectivity index (χ4n) is 2.21. The van der Waals surface area contributed by atoms with Crippen LogP contribution >= 0.6 is 15.9 Å². The minimum atomic E-state index is -0.144. The van der Waals surface area contributed by atoms with E-state index >= 15 is 0 Å². The monoisotopic (exact) mass is 347 g/mol. The van der Waals surface area contributed by atoms with Crippen LogP contribution in [0.5, 0.6) is 5.75 Å².